The molecule has 7 heteroatoms. The molecule has 3 rings (SSSR count). The van der Waals surface area contributed by atoms with E-state index in [2.05, 4.69) is 4.90 Å². The second kappa shape index (κ2) is 9.47. The van der Waals surface area contributed by atoms with E-state index in [0.717, 1.165) is 51.9 Å². The zero-order valence-corrected chi connectivity index (χ0v) is 17.4. The maximum atomic E-state index is 13.0. The van der Waals surface area contributed by atoms with Gasteiger partial charge < -0.3 is 28.7 Å². The summed E-state index contributed by atoms with van der Waals surface area (Å²) in [4.78, 5) is 17.5. The van der Waals surface area contributed by atoms with Crippen LogP contribution in [0.1, 0.15) is 36.0 Å². The molecule has 28 heavy (non-hydrogen) atoms. The summed E-state index contributed by atoms with van der Waals surface area (Å²) in [7, 11) is 6.48. The molecule has 0 radical (unpaired) electrons. The zero-order valence-electron chi connectivity index (χ0n) is 17.4. The number of hydrogen-bond donors (Lipinski definition) is 0. The number of carbonyl (C=O) groups is 1. The van der Waals surface area contributed by atoms with Crippen molar-refractivity contribution in [1.82, 2.24) is 9.80 Å². The van der Waals surface area contributed by atoms with Gasteiger partial charge in [0.1, 0.15) is 0 Å². The molecule has 0 saturated carbocycles. The minimum Gasteiger partial charge on any atom is -0.493 e. The highest BCUT2D eigenvalue weighted by Gasteiger charge is 2.30. The number of amides is 1. The van der Waals surface area contributed by atoms with Crippen LogP contribution in [0, 0.1) is 0 Å². The number of hydrogen-bond acceptors (Lipinski definition) is 6. The Bertz CT molecular complexity index is 640. The van der Waals surface area contributed by atoms with Crippen LogP contribution in [0.2, 0.25) is 0 Å². The lowest BCUT2D eigenvalue weighted by Crippen LogP contribution is -2.49. The molecule has 0 N–H and O–H groups in total. The van der Waals surface area contributed by atoms with Crippen LogP contribution in [-0.4, -0.2) is 82.5 Å². The van der Waals surface area contributed by atoms with Gasteiger partial charge in [-0.25, -0.2) is 0 Å². The van der Waals surface area contributed by atoms with Crippen molar-refractivity contribution < 1.29 is 23.7 Å². The Hall–Kier alpha value is -1.99. The Kier molecular flexibility index (Phi) is 7.02. The quantitative estimate of drug-likeness (QED) is 0.741. The van der Waals surface area contributed by atoms with Crippen LogP contribution < -0.4 is 14.2 Å². The lowest BCUT2D eigenvalue weighted by Gasteiger charge is -2.41. The Balaban J connectivity index is 1.62. The third kappa shape index (κ3) is 4.36. The third-order valence-electron chi connectivity index (χ3n) is 5.99. The number of methoxy groups -OCH3 is 4. The van der Waals surface area contributed by atoms with E-state index in [1.165, 1.54) is 0 Å². The lowest BCUT2D eigenvalue weighted by molar-refractivity contribution is 0.0145. The van der Waals surface area contributed by atoms with Crippen LogP contribution in [0.5, 0.6) is 17.2 Å². The fourth-order valence-electron chi connectivity index (χ4n) is 4.30. The predicted octanol–water partition coefficient (Wildman–Crippen LogP) is 2.43. The van der Waals surface area contributed by atoms with Crippen LogP contribution >= 0.6 is 0 Å². The van der Waals surface area contributed by atoms with E-state index in [9.17, 15) is 4.79 Å². The molecule has 0 aliphatic carbocycles. The van der Waals surface area contributed by atoms with Gasteiger partial charge in [0.15, 0.2) is 11.5 Å². The first-order valence-electron chi connectivity index (χ1n) is 9.97. The molecule has 156 valence electrons. The number of benzene rings is 1. The van der Waals surface area contributed by atoms with E-state index in [4.69, 9.17) is 18.9 Å². The van der Waals surface area contributed by atoms with E-state index in [1.807, 2.05) is 4.90 Å². The van der Waals surface area contributed by atoms with Gasteiger partial charge in [0.2, 0.25) is 5.75 Å². The molecule has 2 fully saturated rings. The van der Waals surface area contributed by atoms with Gasteiger partial charge in [-0.3, -0.25) is 4.79 Å². The maximum Gasteiger partial charge on any atom is 0.254 e. The van der Waals surface area contributed by atoms with Gasteiger partial charge in [0.05, 0.1) is 27.4 Å². The molecular weight excluding hydrogens is 360 g/mol. The van der Waals surface area contributed by atoms with Crippen LogP contribution in [0.25, 0.3) is 0 Å². The molecule has 7 nitrogen and oxygen atoms in total. The second-order valence-corrected chi connectivity index (χ2v) is 7.41. The van der Waals surface area contributed by atoms with Gasteiger partial charge in [-0.05, 0) is 37.8 Å². The lowest BCUT2D eigenvalue weighted by atomic mass is 9.98. The summed E-state index contributed by atoms with van der Waals surface area (Å²) in [6, 6.07) is 4.01. The van der Waals surface area contributed by atoms with E-state index < -0.39 is 0 Å². The van der Waals surface area contributed by atoms with Gasteiger partial charge in [-0.2, -0.15) is 0 Å². The molecule has 2 heterocycles. The fourth-order valence-corrected chi connectivity index (χ4v) is 4.30. The number of ether oxygens (including phenoxy) is 4. The maximum absolute atomic E-state index is 13.0. The minimum absolute atomic E-state index is 0.00999. The zero-order chi connectivity index (χ0) is 20.1. The summed E-state index contributed by atoms with van der Waals surface area (Å²) < 4.78 is 21.6. The Labute approximate surface area is 167 Å². The first-order valence-corrected chi connectivity index (χ1v) is 9.97. The summed E-state index contributed by atoms with van der Waals surface area (Å²) in [6.45, 7) is 3.71. The summed E-state index contributed by atoms with van der Waals surface area (Å²) in [5, 5.41) is 0. The summed E-state index contributed by atoms with van der Waals surface area (Å²) in [6.07, 6.45) is 4.61. The van der Waals surface area contributed by atoms with Crippen molar-refractivity contribution in [3.63, 3.8) is 0 Å². The van der Waals surface area contributed by atoms with Crippen LogP contribution in [0.15, 0.2) is 12.1 Å². The van der Waals surface area contributed by atoms with Crippen molar-refractivity contribution in [3.05, 3.63) is 17.7 Å². The molecule has 2 aliphatic rings. The molecule has 0 bridgehead atoms. The first-order chi connectivity index (χ1) is 13.6. The molecule has 0 atom stereocenters. The standard InChI is InChI=1S/C21H32N2O5/c1-25-17-7-11-22(12-8-17)16-5-9-23(10-6-16)21(24)15-13-18(26-2)20(28-4)19(14-15)27-3/h13-14,16-17H,5-12H2,1-4H3. The number of nitrogens with zero attached hydrogens (tertiary/aromatic N) is 2. The molecule has 0 spiro atoms. The topological polar surface area (TPSA) is 60.5 Å². The molecular formula is C21H32N2O5. The molecule has 0 aromatic heterocycles. The summed E-state index contributed by atoms with van der Waals surface area (Å²) in [5.74, 6) is 1.51. The number of rotatable bonds is 6. The SMILES string of the molecule is COc1cc(C(=O)N2CCC(N3CCC(OC)CC3)CC2)cc(OC)c1OC. The largest absolute Gasteiger partial charge is 0.493 e. The van der Waals surface area contributed by atoms with Crippen LogP contribution in [0.3, 0.4) is 0 Å². The molecule has 0 unspecified atom stereocenters. The highest BCUT2D eigenvalue weighted by molar-refractivity contribution is 5.95. The van der Waals surface area contributed by atoms with E-state index >= 15 is 0 Å². The molecule has 2 saturated heterocycles. The monoisotopic (exact) mass is 392 g/mol. The minimum atomic E-state index is 0.00999. The number of carbonyl (C=O) groups excluding carboxylic acids is 1. The highest BCUT2D eigenvalue weighted by Crippen LogP contribution is 2.38. The summed E-state index contributed by atoms with van der Waals surface area (Å²) >= 11 is 0. The average Bonchev–Trinajstić information content (AvgIpc) is 2.77. The average molecular weight is 392 g/mol. The van der Waals surface area contributed by atoms with Gasteiger partial charge in [0, 0.05) is 44.9 Å². The van der Waals surface area contributed by atoms with Crippen molar-refractivity contribution >= 4 is 5.91 Å². The number of likely N-dealkylation sites (tertiary alicyclic amines) is 2. The van der Waals surface area contributed by atoms with Crippen molar-refractivity contribution in [2.45, 2.75) is 37.8 Å². The second-order valence-electron chi connectivity index (χ2n) is 7.41. The van der Waals surface area contributed by atoms with Crippen molar-refractivity contribution in [2.75, 3.05) is 54.6 Å². The van der Waals surface area contributed by atoms with Gasteiger partial charge >= 0.3 is 0 Å². The summed E-state index contributed by atoms with van der Waals surface area (Å²) in [5.41, 5.74) is 0.564. The predicted molar refractivity (Wildman–Crippen MR) is 107 cm³/mol. The normalized spacial score (nSPS) is 19.5. The van der Waals surface area contributed by atoms with Crippen LogP contribution in [0.4, 0.5) is 0 Å². The highest BCUT2D eigenvalue weighted by atomic mass is 16.5. The Morgan fingerprint density at radius 3 is 1.89 bits per heavy atom. The number of piperidine rings is 2. The fraction of sp³-hybridized carbons (Fsp3) is 0.667. The Morgan fingerprint density at radius 2 is 1.43 bits per heavy atom. The van der Waals surface area contributed by atoms with Gasteiger partial charge in [-0.15, -0.1) is 0 Å². The third-order valence-corrected chi connectivity index (χ3v) is 5.99. The molecule has 2 aliphatic heterocycles. The van der Waals surface area contributed by atoms with E-state index in [1.54, 1.807) is 40.6 Å². The van der Waals surface area contributed by atoms with Gasteiger partial charge in [0.25, 0.3) is 5.91 Å². The molecule has 1 aromatic carbocycles. The van der Waals surface area contributed by atoms with Crippen molar-refractivity contribution in [1.29, 1.82) is 0 Å². The first kappa shape index (κ1) is 20.7. The molecule has 1 aromatic rings. The van der Waals surface area contributed by atoms with Crippen LogP contribution in [-0.2, 0) is 4.74 Å². The molecule has 1 amide bonds. The van der Waals surface area contributed by atoms with Gasteiger partial charge in [-0.1, -0.05) is 0 Å². The Morgan fingerprint density at radius 1 is 0.857 bits per heavy atom. The van der Waals surface area contributed by atoms with Crippen molar-refractivity contribution in [3.8, 4) is 17.2 Å². The van der Waals surface area contributed by atoms with E-state index in [-0.39, 0.29) is 5.91 Å². The van der Waals surface area contributed by atoms with E-state index in [0.29, 0.717) is 35.0 Å². The van der Waals surface area contributed by atoms with Crippen molar-refractivity contribution in [2.24, 2.45) is 0 Å². The smallest absolute Gasteiger partial charge is 0.254 e.